The fraction of sp³-hybridized carbons (Fsp3) is 0.0714. The van der Waals surface area contributed by atoms with Gasteiger partial charge in [-0.1, -0.05) is 0 Å². The zero-order chi connectivity index (χ0) is 13.0. The lowest BCUT2D eigenvalue weighted by Crippen LogP contribution is -1.93. The molecule has 2 rings (SSSR count). The van der Waals surface area contributed by atoms with Crippen LogP contribution >= 0.6 is 0 Å². The number of hydrogen-bond donors (Lipinski definition) is 0. The fourth-order valence-corrected chi connectivity index (χ4v) is 1.44. The Kier molecular flexibility index (Phi) is 3.48. The van der Waals surface area contributed by atoms with Gasteiger partial charge in [-0.2, -0.15) is 0 Å². The fourth-order valence-electron chi connectivity index (χ4n) is 1.44. The Hall–Kier alpha value is -2.49. The standard InChI is InChI=1S/C14H11O4/c1-17-11-6-8-13(9-7-11)18-12-4-2-10(3-5-12)14(15)16/h2-9H,1H3. The van der Waals surface area contributed by atoms with Gasteiger partial charge in [0.05, 0.1) is 12.7 Å². The number of carbonyl (C=O) groups excluding carboxylic acids is 1. The van der Waals surface area contributed by atoms with Gasteiger partial charge in [-0.3, -0.25) is 0 Å². The Bertz CT molecular complexity index is 529. The highest BCUT2D eigenvalue weighted by Gasteiger charge is 2.04. The van der Waals surface area contributed by atoms with E-state index in [1.807, 2.05) is 0 Å². The lowest BCUT2D eigenvalue weighted by Gasteiger charge is -2.06. The normalized spacial score (nSPS) is 9.83. The first-order chi connectivity index (χ1) is 8.69. The van der Waals surface area contributed by atoms with Crippen molar-refractivity contribution in [2.24, 2.45) is 0 Å². The van der Waals surface area contributed by atoms with Gasteiger partial charge in [-0.05, 0) is 48.5 Å². The van der Waals surface area contributed by atoms with Crippen LogP contribution in [0, 0.1) is 0 Å². The average molecular weight is 243 g/mol. The zero-order valence-electron chi connectivity index (χ0n) is 9.75. The molecule has 2 aromatic carbocycles. The number of benzene rings is 2. The molecule has 4 heteroatoms. The highest BCUT2D eigenvalue weighted by Crippen LogP contribution is 2.23. The molecule has 18 heavy (non-hydrogen) atoms. The average Bonchev–Trinajstić information content (AvgIpc) is 2.40. The molecule has 0 aromatic heterocycles. The first-order valence-electron chi connectivity index (χ1n) is 5.32. The van der Waals surface area contributed by atoms with Crippen LogP contribution in [0.25, 0.3) is 0 Å². The van der Waals surface area contributed by atoms with Crippen molar-refractivity contribution in [2.75, 3.05) is 7.11 Å². The van der Waals surface area contributed by atoms with Gasteiger partial charge in [-0.15, -0.1) is 0 Å². The van der Waals surface area contributed by atoms with Gasteiger partial charge >= 0.3 is 5.97 Å². The van der Waals surface area contributed by atoms with E-state index in [1.54, 1.807) is 43.5 Å². The van der Waals surface area contributed by atoms with Crippen LogP contribution in [-0.4, -0.2) is 13.1 Å². The van der Waals surface area contributed by atoms with E-state index in [0.29, 0.717) is 11.5 Å². The summed E-state index contributed by atoms with van der Waals surface area (Å²) in [7, 11) is 1.59. The number of rotatable bonds is 4. The van der Waals surface area contributed by atoms with E-state index in [1.165, 1.54) is 12.1 Å². The molecule has 0 spiro atoms. The van der Waals surface area contributed by atoms with Crippen LogP contribution in [-0.2, 0) is 5.11 Å². The van der Waals surface area contributed by atoms with Gasteiger partial charge in [-0.25, -0.2) is 9.90 Å². The summed E-state index contributed by atoms with van der Waals surface area (Å²) in [6.07, 6.45) is 0. The van der Waals surface area contributed by atoms with E-state index >= 15 is 0 Å². The molecule has 1 radical (unpaired) electrons. The van der Waals surface area contributed by atoms with Gasteiger partial charge in [0.1, 0.15) is 17.2 Å². The number of carbonyl (C=O) groups is 1. The molecule has 0 amide bonds. The predicted molar refractivity (Wildman–Crippen MR) is 64.5 cm³/mol. The number of ether oxygens (including phenoxy) is 2. The van der Waals surface area contributed by atoms with E-state index < -0.39 is 5.97 Å². The second-order valence-corrected chi connectivity index (χ2v) is 3.59. The summed E-state index contributed by atoms with van der Waals surface area (Å²) in [4.78, 5) is 10.6. The van der Waals surface area contributed by atoms with Gasteiger partial charge < -0.3 is 9.47 Å². The smallest absolute Gasteiger partial charge is 0.386 e. The van der Waals surface area contributed by atoms with E-state index in [-0.39, 0.29) is 5.56 Å². The third kappa shape index (κ3) is 2.79. The summed E-state index contributed by atoms with van der Waals surface area (Å²) in [6.45, 7) is 0. The lowest BCUT2D eigenvalue weighted by atomic mass is 10.2. The third-order valence-electron chi connectivity index (χ3n) is 2.39. The van der Waals surface area contributed by atoms with Gasteiger partial charge in [0.2, 0.25) is 0 Å². The summed E-state index contributed by atoms with van der Waals surface area (Å²) in [6, 6.07) is 13.1. The molecule has 0 saturated heterocycles. The molecule has 0 saturated carbocycles. The van der Waals surface area contributed by atoms with Crippen molar-refractivity contribution < 1.29 is 19.4 Å². The largest absolute Gasteiger partial charge is 0.497 e. The van der Waals surface area contributed by atoms with E-state index in [0.717, 1.165) is 5.75 Å². The van der Waals surface area contributed by atoms with Crippen molar-refractivity contribution in [2.45, 2.75) is 0 Å². The van der Waals surface area contributed by atoms with Crippen LogP contribution in [0.3, 0.4) is 0 Å². The second-order valence-electron chi connectivity index (χ2n) is 3.59. The molecule has 0 heterocycles. The van der Waals surface area contributed by atoms with E-state index in [4.69, 9.17) is 9.47 Å². The molecule has 0 fully saturated rings. The Morgan fingerprint density at radius 2 is 1.28 bits per heavy atom. The Balaban J connectivity index is 2.10. The van der Waals surface area contributed by atoms with Crippen LogP contribution in [0.5, 0.6) is 17.2 Å². The van der Waals surface area contributed by atoms with Crippen molar-refractivity contribution >= 4 is 5.97 Å². The molecular weight excluding hydrogens is 232 g/mol. The predicted octanol–water partition coefficient (Wildman–Crippen LogP) is 3.06. The number of methoxy groups -OCH3 is 1. The van der Waals surface area contributed by atoms with E-state index in [2.05, 4.69) is 0 Å². The quantitative estimate of drug-likeness (QED) is 0.829. The molecule has 2 aromatic rings. The van der Waals surface area contributed by atoms with Crippen molar-refractivity contribution in [1.29, 1.82) is 0 Å². The topological polar surface area (TPSA) is 55.4 Å². The van der Waals surface area contributed by atoms with Crippen LogP contribution in [0.1, 0.15) is 10.4 Å². The van der Waals surface area contributed by atoms with Crippen molar-refractivity contribution in [3.8, 4) is 17.2 Å². The molecule has 0 aliphatic carbocycles. The Morgan fingerprint density at radius 3 is 1.72 bits per heavy atom. The van der Waals surface area contributed by atoms with Gasteiger partial charge in [0.25, 0.3) is 0 Å². The molecule has 0 unspecified atom stereocenters. The summed E-state index contributed by atoms with van der Waals surface area (Å²) in [5.74, 6) is 0.753. The van der Waals surface area contributed by atoms with Crippen molar-refractivity contribution in [3.63, 3.8) is 0 Å². The first kappa shape index (κ1) is 12.0. The molecule has 0 aliphatic heterocycles. The number of hydrogen-bond acceptors (Lipinski definition) is 3. The molecule has 91 valence electrons. The molecule has 0 N–H and O–H groups in total. The maximum atomic E-state index is 10.6. The summed E-state index contributed by atoms with van der Waals surface area (Å²) in [5.41, 5.74) is 0.122. The van der Waals surface area contributed by atoms with Gasteiger partial charge in [0, 0.05) is 0 Å². The summed E-state index contributed by atoms with van der Waals surface area (Å²) >= 11 is 0. The minimum atomic E-state index is -1.20. The van der Waals surface area contributed by atoms with Crippen LogP contribution < -0.4 is 9.47 Å². The SMILES string of the molecule is COc1ccc(Oc2ccc(C([O])=O)cc2)cc1. The second kappa shape index (κ2) is 5.23. The van der Waals surface area contributed by atoms with Crippen LogP contribution in [0.15, 0.2) is 48.5 Å². The van der Waals surface area contributed by atoms with Crippen molar-refractivity contribution in [3.05, 3.63) is 54.1 Å². The lowest BCUT2D eigenvalue weighted by molar-refractivity contribution is 0.0573. The molecule has 4 nitrogen and oxygen atoms in total. The van der Waals surface area contributed by atoms with E-state index in [9.17, 15) is 9.90 Å². The minimum absolute atomic E-state index is 0.122. The van der Waals surface area contributed by atoms with Gasteiger partial charge in [0.15, 0.2) is 0 Å². The summed E-state index contributed by atoms with van der Waals surface area (Å²) in [5, 5.41) is 10.6. The highest BCUT2D eigenvalue weighted by molar-refractivity contribution is 5.87. The third-order valence-corrected chi connectivity index (χ3v) is 2.39. The maximum Gasteiger partial charge on any atom is 0.386 e. The minimum Gasteiger partial charge on any atom is -0.497 e. The Labute approximate surface area is 104 Å². The molecule has 0 atom stereocenters. The van der Waals surface area contributed by atoms with Crippen molar-refractivity contribution in [1.82, 2.24) is 0 Å². The molecule has 0 aliphatic rings. The Morgan fingerprint density at radius 1 is 0.833 bits per heavy atom. The maximum absolute atomic E-state index is 10.6. The first-order valence-corrected chi connectivity index (χ1v) is 5.32. The van der Waals surface area contributed by atoms with Crippen LogP contribution in [0.4, 0.5) is 0 Å². The molecule has 0 bridgehead atoms. The highest BCUT2D eigenvalue weighted by atomic mass is 16.5. The summed E-state index contributed by atoms with van der Waals surface area (Å²) < 4.78 is 10.6. The zero-order valence-corrected chi connectivity index (χ0v) is 9.75. The molecular formula is C14H11O4. The monoisotopic (exact) mass is 243 g/mol. The van der Waals surface area contributed by atoms with Crippen LogP contribution in [0.2, 0.25) is 0 Å².